The number of aromatic amines is 1. The second kappa shape index (κ2) is 10.2. The van der Waals surface area contributed by atoms with Crippen LogP contribution >= 0.6 is 0 Å². The Labute approximate surface area is 221 Å². The molecule has 196 valence electrons. The van der Waals surface area contributed by atoms with E-state index in [0.29, 0.717) is 50.4 Å². The zero-order valence-electron chi connectivity index (χ0n) is 21.4. The third kappa shape index (κ3) is 4.53. The van der Waals surface area contributed by atoms with Crippen molar-refractivity contribution in [1.29, 1.82) is 0 Å². The number of morpholine rings is 1. The summed E-state index contributed by atoms with van der Waals surface area (Å²) in [4.78, 5) is 38.0. The molecule has 1 fully saturated rings. The molecule has 3 N–H and O–H groups in total. The van der Waals surface area contributed by atoms with Gasteiger partial charge in [-0.25, -0.2) is 0 Å². The van der Waals surface area contributed by atoms with Crippen LogP contribution in [0.15, 0.2) is 42.7 Å². The minimum absolute atomic E-state index is 0.0839. The number of fused-ring (bicyclic) bond motifs is 2. The number of hydrogen-bond donors (Lipinski definition) is 3. The lowest BCUT2D eigenvalue weighted by Gasteiger charge is -2.32. The molecule has 9 heteroatoms. The number of amides is 2. The Kier molecular flexibility index (Phi) is 6.57. The lowest BCUT2D eigenvalue weighted by Crippen LogP contribution is -2.47. The number of H-pyrrole nitrogens is 1. The predicted octanol–water partition coefficient (Wildman–Crippen LogP) is 2.57. The number of anilines is 1. The molecular weight excluding hydrogens is 482 g/mol. The van der Waals surface area contributed by atoms with Crippen LogP contribution < -0.4 is 5.32 Å². The fourth-order valence-corrected chi connectivity index (χ4v) is 5.68. The summed E-state index contributed by atoms with van der Waals surface area (Å²) in [6.45, 7) is 6.21. The van der Waals surface area contributed by atoms with Crippen LogP contribution in [0.3, 0.4) is 0 Å². The number of carbonyl (C=O) groups is 2. The Bertz CT molecular complexity index is 1410. The SMILES string of the molecule is Cc1c(/C=C2\C(=O)Nc3cccc(-c4ccncc4)c32)[nH]c2c1C(=O)N(CC(O)CN1CCOCC1)CC2. The molecule has 1 unspecified atom stereocenters. The van der Waals surface area contributed by atoms with Crippen molar-refractivity contribution in [2.24, 2.45) is 0 Å². The Morgan fingerprint density at radius 3 is 2.66 bits per heavy atom. The fourth-order valence-electron chi connectivity index (χ4n) is 5.68. The maximum Gasteiger partial charge on any atom is 0.256 e. The number of carbonyl (C=O) groups excluding carboxylic acids is 2. The normalized spacial score (nSPS) is 19.4. The number of pyridine rings is 1. The molecule has 38 heavy (non-hydrogen) atoms. The lowest BCUT2D eigenvalue weighted by atomic mass is 9.94. The van der Waals surface area contributed by atoms with E-state index in [2.05, 4.69) is 20.2 Å². The van der Waals surface area contributed by atoms with Crippen LogP contribution in [-0.2, 0) is 16.0 Å². The molecule has 0 spiro atoms. The quantitative estimate of drug-likeness (QED) is 0.437. The molecule has 3 aliphatic rings. The topological polar surface area (TPSA) is 111 Å². The number of hydrogen-bond acceptors (Lipinski definition) is 6. The first-order valence-electron chi connectivity index (χ1n) is 13.1. The molecule has 5 heterocycles. The van der Waals surface area contributed by atoms with Crippen molar-refractivity contribution in [2.45, 2.75) is 19.4 Å². The molecule has 6 rings (SSSR count). The lowest BCUT2D eigenvalue weighted by molar-refractivity contribution is -0.110. The number of aliphatic hydroxyl groups excluding tert-OH is 1. The third-order valence-electron chi connectivity index (χ3n) is 7.61. The van der Waals surface area contributed by atoms with Crippen molar-refractivity contribution >= 4 is 29.2 Å². The van der Waals surface area contributed by atoms with Gasteiger partial charge in [0.25, 0.3) is 11.8 Å². The van der Waals surface area contributed by atoms with Crippen molar-refractivity contribution in [3.8, 4) is 11.1 Å². The summed E-state index contributed by atoms with van der Waals surface area (Å²) in [5.41, 5.74) is 7.16. The number of aromatic nitrogens is 2. The average Bonchev–Trinajstić information content (AvgIpc) is 3.42. The van der Waals surface area contributed by atoms with E-state index in [1.165, 1.54) is 0 Å². The summed E-state index contributed by atoms with van der Waals surface area (Å²) >= 11 is 0. The van der Waals surface area contributed by atoms with Gasteiger partial charge in [-0.15, -0.1) is 0 Å². The van der Waals surface area contributed by atoms with Crippen molar-refractivity contribution < 1.29 is 19.4 Å². The van der Waals surface area contributed by atoms with Crippen molar-refractivity contribution in [1.82, 2.24) is 19.8 Å². The highest BCUT2D eigenvalue weighted by atomic mass is 16.5. The summed E-state index contributed by atoms with van der Waals surface area (Å²) in [6, 6.07) is 9.68. The van der Waals surface area contributed by atoms with E-state index in [0.717, 1.165) is 52.4 Å². The first-order chi connectivity index (χ1) is 18.5. The first kappa shape index (κ1) is 24.5. The van der Waals surface area contributed by atoms with E-state index in [4.69, 9.17) is 4.74 Å². The second-order valence-corrected chi connectivity index (χ2v) is 10.1. The Hall–Kier alpha value is -3.79. The molecule has 0 bridgehead atoms. The number of nitrogens with zero attached hydrogens (tertiary/aromatic N) is 3. The molecule has 1 aromatic carbocycles. The van der Waals surface area contributed by atoms with Crippen LogP contribution in [0.2, 0.25) is 0 Å². The second-order valence-electron chi connectivity index (χ2n) is 10.1. The van der Waals surface area contributed by atoms with Gasteiger partial charge in [-0.2, -0.15) is 0 Å². The predicted molar refractivity (Wildman–Crippen MR) is 145 cm³/mol. The molecular formula is C29H31N5O4. The summed E-state index contributed by atoms with van der Waals surface area (Å²) < 4.78 is 5.38. The van der Waals surface area contributed by atoms with Gasteiger partial charge >= 0.3 is 0 Å². The molecule has 3 aliphatic heterocycles. The summed E-state index contributed by atoms with van der Waals surface area (Å²) in [6.07, 6.45) is 5.37. The summed E-state index contributed by atoms with van der Waals surface area (Å²) in [5, 5.41) is 13.7. The van der Waals surface area contributed by atoms with Gasteiger partial charge in [-0.3, -0.25) is 19.5 Å². The molecule has 1 atom stereocenters. The molecule has 2 amide bonds. The Morgan fingerprint density at radius 2 is 1.87 bits per heavy atom. The van der Waals surface area contributed by atoms with Crippen LogP contribution in [0.5, 0.6) is 0 Å². The highest BCUT2D eigenvalue weighted by Crippen LogP contribution is 2.41. The van der Waals surface area contributed by atoms with E-state index < -0.39 is 6.10 Å². The zero-order valence-corrected chi connectivity index (χ0v) is 21.4. The van der Waals surface area contributed by atoms with Gasteiger partial charge in [-0.1, -0.05) is 12.1 Å². The maximum absolute atomic E-state index is 13.5. The minimum Gasteiger partial charge on any atom is -0.390 e. The van der Waals surface area contributed by atoms with Crippen LogP contribution in [0.1, 0.15) is 32.9 Å². The van der Waals surface area contributed by atoms with Gasteiger partial charge in [0.05, 0.1) is 30.5 Å². The van der Waals surface area contributed by atoms with Crippen LogP contribution in [0.4, 0.5) is 5.69 Å². The molecule has 2 aromatic heterocycles. The summed E-state index contributed by atoms with van der Waals surface area (Å²) in [5.74, 6) is -0.257. The molecule has 0 aliphatic carbocycles. The van der Waals surface area contributed by atoms with Crippen LogP contribution in [0, 0.1) is 6.92 Å². The number of benzene rings is 1. The van der Waals surface area contributed by atoms with Gasteiger partial charge in [0.15, 0.2) is 0 Å². The Balaban J connectivity index is 1.27. The van der Waals surface area contributed by atoms with Gasteiger partial charge in [0.1, 0.15) is 0 Å². The minimum atomic E-state index is -0.621. The molecule has 1 saturated heterocycles. The van der Waals surface area contributed by atoms with E-state index >= 15 is 0 Å². The van der Waals surface area contributed by atoms with Crippen molar-refractivity contribution in [3.05, 3.63) is 70.8 Å². The van der Waals surface area contributed by atoms with Crippen molar-refractivity contribution in [3.63, 3.8) is 0 Å². The maximum atomic E-state index is 13.5. The standard InChI is InChI=1S/C29H31N5O4/c1-18-25(15-22-27-21(19-5-8-30-9-6-19)3-2-4-23(27)32-28(22)36)31-24-7-10-34(29(37)26(18)24)17-20(35)16-33-11-13-38-14-12-33/h2-6,8-9,15,20,31,35H,7,10-14,16-17H2,1H3,(H,32,36)/b22-15-. The van der Waals surface area contributed by atoms with E-state index in [1.807, 2.05) is 43.3 Å². The molecule has 0 saturated carbocycles. The number of β-amino-alcohol motifs (C(OH)–C–C–N with tert-alkyl or cyclic N) is 1. The van der Waals surface area contributed by atoms with Gasteiger partial charge in [0, 0.05) is 74.2 Å². The smallest absolute Gasteiger partial charge is 0.256 e. The molecule has 0 radical (unpaired) electrons. The summed E-state index contributed by atoms with van der Waals surface area (Å²) in [7, 11) is 0. The van der Waals surface area contributed by atoms with Crippen LogP contribution in [0.25, 0.3) is 22.8 Å². The largest absolute Gasteiger partial charge is 0.390 e. The first-order valence-corrected chi connectivity index (χ1v) is 13.1. The van der Waals surface area contributed by atoms with E-state index in [-0.39, 0.29) is 11.8 Å². The van der Waals surface area contributed by atoms with Gasteiger partial charge in [0.2, 0.25) is 0 Å². The average molecular weight is 514 g/mol. The number of ether oxygens (including phenoxy) is 1. The highest BCUT2D eigenvalue weighted by Gasteiger charge is 2.32. The van der Waals surface area contributed by atoms with E-state index in [9.17, 15) is 14.7 Å². The zero-order chi connectivity index (χ0) is 26.2. The monoisotopic (exact) mass is 513 g/mol. The molecule has 3 aromatic rings. The third-order valence-corrected chi connectivity index (χ3v) is 7.61. The van der Waals surface area contributed by atoms with Crippen LogP contribution in [-0.4, -0.2) is 88.7 Å². The van der Waals surface area contributed by atoms with Crippen molar-refractivity contribution in [2.75, 3.05) is 51.3 Å². The number of aliphatic hydroxyl groups is 1. The number of nitrogens with one attached hydrogen (secondary N) is 2. The Morgan fingerprint density at radius 1 is 1.08 bits per heavy atom. The number of rotatable bonds is 6. The fraction of sp³-hybridized carbons (Fsp3) is 0.345. The van der Waals surface area contributed by atoms with Gasteiger partial charge in [-0.05, 0) is 47.9 Å². The molecule has 9 nitrogen and oxygen atoms in total. The van der Waals surface area contributed by atoms with Gasteiger partial charge < -0.3 is 25.0 Å². The van der Waals surface area contributed by atoms with E-state index in [1.54, 1.807) is 17.3 Å². The highest BCUT2D eigenvalue weighted by molar-refractivity contribution is 6.36.